The van der Waals surface area contributed by atoms with Gasteiger partial charge in [-0.2, -0.15) is 5.10 Å². The van der Waals surface area contributed by atoms with Crippen LogP contribution in [0.5, 0.6) is 23.0 Å². The van der Waals surface area contributed by atoms with Crippen molar-refractivity contribution in [2.24, 2.45) is 5.10 Å². The average molecular weight is 527 g/mol. The molecule has 3 amide bonds. The van der Waals surface area contributed by atoms with Crippen LogP contribution in [-0.4, -0.2) is 58.7 Å². The molecule has 1 aliphatic heterocycles. The number of methoxy groups -OCH3 is 3. The fourth-order valence-corrected chi connectivity index (χ4v) is 3.70. The SMILES string of the molecule is CCOC(=O)C1=C(C)NC(=O)NC1c1ccc(OCC(=O)N/N=C/c2cc(OC)ccc2OC)c(OC)c1. The Balaban J connectivity index is 1.69. The van der Waals surface area contributed by atoms with Crippen LogP contribution < -0.4 is 35.0 Å². The minimum Gasteiger partial charge on any atom is -0.497 e. The molecule has 0 saturated carbocycles. The van der Waals surface area contributed by atoms with E-state index in [0.717, 1.165) is 0 Å². The van der Waals surface area contributed by atoms with E-state index in [0.29, 0.717) is 34.1 Å². The molecular weight excluding hydrogens is 496 g/mol. The molecule has 0 bridgehead atoms. The van der Waals surface area contributed by atoms with Gasteiger partial charge in [0.2, 0.25) is 0 Å². The van der Waals surface area contributed by atoms with Gasteiger partial charge in [0, 0.05) is 11.3 Å². The van der Waals surface area contributed by atoms with Crippen molar-refractivity contribution in [2.45, 2.75) is 19.9 Å². The summed E-state index contributed by atoms with van der Waals surface area (Å²) < 4.78 is 26.7. The van der Waals surface area contributed by atoms with Gasteiger partial charge in [0.25, 0.3) is 5.91 Å². The summed E-state index contributed by atoms with van der Waals surface area (Å²) in [6.45, 7) is 3.16. The molecule has 12 nitrogen and oxygen atoms in total. The van der Waals surface area contributed by atoms with Crippen LogP contribution in [-0.2, 0) is 14.3 Å². The molecule has 0 spiro atoms. The molecule has 0 aromatic heterocycles. The van der Waals surface area contributed by atoms with Crippen LogP contribution in [0.3, 0.4) is 0 Å². The number of carbonyl (C=O) groups is 3. The van der Waals surface area contributed by atoms with E-state index in [2.05, 4.69) is 21.2 Å². The maximum Gasteiger partial charge on any atom is 0.338 e. The van der Waals surface area contributed by atoms with Gasteiger partial charge in [-0.1, -0.05) is 6.07 Å². The van der Waals surface area contributed by atoms with Crippen LogP contribution in [0.25, 0.3) is 0 Å². The lowest BCUT2D eigenvalue weighted by molar-refractivity contribution is -0.139. The first-order chi connectivity index (χ1) is 18.3. The first kappa shape index (κ1) is 27.8. The van der Waals surface area contributed by atoms with Gasteiger partial charge in [-0.05, 0) is 49.7 Å². The maximum atomic E-state index is 12.5. The highest BCUT2D eigenvalue weighted by atomic mass is 16.5. The van der Waals surface area contributed by atoms with Gasteiger partial charge in [-0.25, -0.2) is 15.0 Å². The van der Waals surface area contributed by atoms with Crippen molar-refractivity contribution in [3.8, 4) is 23.0 Å². The van der Waals surface area contributed by atoms with Crippen LogP contribution in [0, 0.1) is 0 Å². The number of hydrogen-bond donors (Lipinski definition) is 3. The maximum absolute atomic E-state index is 12.5. The second-order valence-corrected chi connectivity index (χ2v) is 7.89. The van der Waals surface area contributed by atoms with E-state index in [1.165, 1.54) is 20.4 Å². The van der Waals surface area contributed by atoms with Crippen LogP contribution >= 0.6 is 0 Å². The Kier molecular flexibility index (Phi) is 9.52. The number of amides is 3. The summed E-state index contributed by atoms with van der Waals surface area (Å²) in [5, 5.41) is 9.25. The van der Waals surface area contributed by atoms with E-state index in [1.54, 1.807) is 57.4 Å². The third-order valence-electron chi connectivity index (χ3n) is 5.47. The third-order valence-corrected chi connectivity index (χ3v) is 5.47. The Hall–Kier alpha value is -4.74. The van der Waals surface area contributed by atoms with Crippen LogP contribution in [0.1, 0.15) is 31.0 Å². The molecule has 2 aromatic carbocycles. The quantitative estimate of drug-likeness (QED) is 0.230. The first-order valence-electron chi connectivity index (χ1n) is 11.6. The number of rotatable bonds is 11. The van der Waals surface area contributed by atoms with E-state index < -0.39 is 23.9 Å². The predicted molar refractivity (Wildman–Crippen MR) is 138 cm³/mol. The molecule has 1 heterocycles. The molecular formula is C26H30N4O8. The Labute approximate surface area is 219 Å². The molecule has 2 aromatic rings. The van der Waals surface area contributed by atoms with Crippen molar-refractivity contribution in [3.63, 3.8) is 0 Å². The zero-order valence-electron chi connectivity index (χ0n) is 21.7. The molecule has 0 aliphatic carbocycles. The monoisotopic (exact) mass is 526 g/mol. The van der Waals surface area contributed by atoms with Crippen molar-refractivity contribution in [1.29, 1.82) is 0 Å². The van der Waals surface area contributed by atoms with Gasteiger partial charge < -0.3 is 34.3 Å². The van der Waals surface area contributed by atoms with Gasteiger partial charge in [0.15, 0.2) is 18.1 Å². The number of urea groups is 1. The van der Waals surface area contributed by atoms with Gasteiger partial charge in [-0.15, -0.1) is 0 Å². The second-order valence-electron chi connectivity index (χ2n) is 7.89. The first-order valence-corrected chi connectivity index (χ1v) is 11.6. The van der Waals surface area contributed by atoms with E-state index in [4.69, 9.17) is 23.7 Å². The standard InChI is InChI=1S/C26H30N4O8/c1-6-37-25(32)23-15(2)28-26(33)29-24(23)16-7-9-20(21(12-16)36-5)38-14-22(31)30-27-13-17-11-18(34-3)8-10-19(17)35-4/h7-13,24H,6,14H2,1-5H3,(H,30,31)(H2,28,29,33)/b27-13+. The van der Waals surface area contributed by atoms with Gasteiger partial charge in [-0.3, -0.25) is 4.79 Å². The fraction of sp³-hybridized carbons (Fsp3) is 0.308. The summed E-state index contributed by atoms with van der Waals surface area (Å²) in [6, 6.07) is 8.82. The molecule has 1 aliphatic rings. The molecule has 0 fully saturated rings. The Morgan fingerprint density at radius 2 is 1.76 bits per heavy atom. The lowest BCUT2D eigenvalue weighted by Gasteiger charge is -2.28. The van der Waals surface area contributed by atoms with Gasteiger partial charge >= 0.3 is 12.0 Å². The average Bonchev–Trinajstić information content (AvgIpc) is 2.91. The van der Waals surface area contributed by atoms with Gasteiger partial charge in [0.1, 0.15) is 11.5 Å². The predicted octanol–water partition coefficient (Wildman–Crippen LogP) is 2.43. The van der Waals surface area contributed by atoms with Crippen molar-refractivity contribution in [2.75, 3.05) is 34.5 Å². The highest BCUT2D eigenvalue weighted by Gasteiger charge is 2.32. The number of esters is 1. The zero-order valence-corrected chi connectivity index (χ0v) is 21.7. The van der Waals surface area contributed by atoms with Crippen LogP contribution in [0.15, 0.2) is 52.8 Å². The Morgan fingerprint density at radius 1 is 1.03 bits per heavy atom. The van der Waals surface area contributed by atoms with Crippen molar-refractivity contribution >= 4 is 24.1 Å². The van der Waals surface area contributed by atoms with Gasteiger partial charge in [0.05, 0.1) is 45.8 Å². The molecule has 202 valence electrons. The summed E-state index contributed by atoms with van der Waals surface area (Å²) in [6.07, 6.45) is 1.43. The van der Waals surface area contributed by atoms with Crippen LogP contribution in [0.4, 0.5) is 4.79 Å². The number of allylic oxidation sites excluding steroid dienone is 1. The number of hydrogen-bond acceptors (Lipinski definition) is 9. The van der Waals surface area contributed by atoms with E-state index in [-0.39, 0.29) is 24.5 Å². The minimum atomic E-state index is -0.767. The largest absolute Gasteiger partial charge is 0.497 e. The Bertz CT molecular complexity index is 1260. The summed E-state index contributed by atoms with van der Waals surface area (Å²) in [5.41, 5.74) is 4.22. The summed E-state index contributed by atoms with van der Waals surface area (Å²) in [5.74, 6) is 0.693. The van der Waals surface area contributed by atoms with E-state index in [1.807, 2.05) is 0 Å². The number of nitrogens with zero attached hydrogens (tertiary/aromatic N) is 1. The second kappa shape index (κ2) is 13.0. The third kappa shape index (κ3) is 6.72. The lowest BCUT2D eigenvalue weighted by Crippen LogP contribution is -2.45. The van der Waals surface area contributed by atoms with Crippen LogP contribution in [0.2, 0.25) is 0 Å². The highest BCUT2D eigenvalue weighted by Crippen LogP contribution is 2.34. The zero-order chi connectivity index (χ0) is 27.7. The number of carbonyl (C=O) groups excluding carboxylic acids is 3. The van der Waals surface area contributed by atoms with Crippen molar-refractivity contribution in [3.05, 3.63) is 58.8 Å². The highest BCUT2D eigenvalue weighted by molar-refractivity contribution is 5.95. The molecule has 0 saturated heterocycles. The number of benzene rings is 2. The molecule has 3 N–H and O–H groups in total. The minimum absolute atomic E-state index is 0.186. The molecule has 12 heteroatoms. The number of nitrogens with one attached hydrogen (secondary N) is 3. The smallest absolute Gasteiger partial charge is 0.338 e. The van der Waals surface area contributed by atoms with E-state index >= 15 is 0 Å². The molecule has 1 atom stereocenters. The Morgan fingerprint density at radius 3 is 2.45 bits per heavy atom. The fourth-order valence-electron chi connectivity index (χ4n) is 3.70. The molecule has 3 rings (SSSR count). The molecule has 1 unspecified atom stereocenters. The lowest BCUT2D eigenvalue weighted by atomic mass is 9.95. The summed E-state index contributed by atoms with van der Waals surface area (Å²) in [4.78, 5) is 36.9. The molecule has 0 radical (unpaired) electrons. The van der Waals surface area contributed by atoms with E-state index in [9.17, 15) is 14.4 Å². The number of hydrazone groups is 1. The number of ether oxygens (including phenoxy) is 5. The summed E-state index contributed by atoms with van der Waals surface area (Å²) in [7, 11) is 4.51. The topological polar surface area (TPSA) is 146 Å². The van der Waals surface area contributed by atoms with Crippen molar-refractivity contribution in [1.82, 2.24) is 16.1 Å². The molecule has 38 heavy (non-hydrogen) atoms. The van der Waals surface area contributed by atoms with Crippen molar-refractivity contribution < 1.29 is 38.1 Å². The summed E-state index contributed by atoms with van der Waals surface area (Å²) >= 11 is 0. The normalized spacial score (nSPS) is 14.9.